The number of rotatable bonds is 5. The van der Waals surface area contributed by atoms with Crippen LogP contribution in [0.25, 0.3) is 0 Å². The highest BCUT2D eigenvalue weighted by Crippen LogP contribution is 2.01. The molecule has 1 heterocycles. The minimum Gasteiger partial charge on any atom is -0.468 e. The Hall–Kier alpha value is -0.950. The molecule has 0 spiro atoms. The molecule has 0 saturated heterocycles. The van der Waals surface area contributed by atoms with Crippen LogP contribution in [-0.2, 0) is 16.1 Å². The number of methoxy groups -OCH3 is 1. The summed E-state index contributed by atoms with van der Waals surface area (Å²) in [4.78, 5) is 14.6. The molecule has 1 atom stereocenters. The van der Waals surface area contributed by atoms with Gasteiger partial charge in [0.05, 0.1) is 13.7 Å². The summed E-state index contributed by atoms with van der Waals surface area (Å²) < 4.78 is 9.42. The van der Waals surface area contributed by atoms with E-state index in [2.05, 4.69) is 36.1 Å². The summed E-state index contributed by atoms with van der Waals surface area (Å²) in [6.45, 7) is 2.61. The van der Waals surface area contributed by atoms with Gasteiger partial charge in [-0.2, -0.15) is 4.98 Å². The highest BCUT2D eigenvalue weighted by molar-refractivity contribution is 9.10. The van der Waals surface area contributed by atoms with Gasteiger partial charge in [-0.3, -0.25) is 4.79 Å². The molecule has 0 aliphatic heterocycles. The van der Waals surface area contributed by atoms with Crippen molar-refractivity contribution in [1.82, 2.24) is 15.5 Å². The quantitative estimate of drug-likeness (QED) is 0.620. The SMILES string of the molecule is COC(=O)C(Br)CNCc1nc(C)no1. The molecule has 0 bridgehead atoms. The second kappa shape index (κ2) is 5.82. The van der Waals surface area contributed by atoms with Gasteiger partial charge >= 0.3 is 5.97 Å². The van der Waals surface area contributed by atoms with E-state index in [1.54, 1.807) is 6.92 Å². The molecule has 0 saturated carbocycles. The van der Waals surface area contributed by atoms with Crippen LogP contribution in [0.1, 0.15) is 11.7 Å². The van der Waals surface area contributed by atoms with Crippen LogP contribution in [0.3, 0.4) is 0 Å². The number of ether oxygens (including phenoxy) is 1. The summed E-state index contributed by atoms with van der Waals surface area (Å²) in [5.41, 5.74) is 0. The number of aromatic nitrogens is 2. The topological polar surface area (TPSA) is 77.2 Å². The van der Waals surface area contributed by atoms with Gasteiger partial charge in [-0.05, 0) is 6.92 Å². The zero-order valence-corrected chi connectivity index (χ0v) is 10.1. The van der Waals surface area contributed by atoms with Crippen LogP contribution in [0.2, 0.25) is 0 Å². The van der Waals surface area contributed by atoms with Crippen LogP contribution in [0, 0.1) is 6.92 Å². The Kier molecular flexibility index (Phi) is 4.70. The van der Waals surface area contributed by atoms with Gasteiger partial charge in [0.2, 0.25) is 5.89 Å². The number of carbonyl (C=O) groups excluding carboxylic acids is 1. The van der Waals surface area contributed by atoms with Gasteiger partial charge in [0, 0.05) is 6.54 Å². The summed E-state index contributed by atoms with van der Waals surface area (Å²) in [5.74, 6) is 0.774. The number of aryl methyl sites for hydroxylation is 1. The first-order valence-corrected chi connectivity index (χ1v) is 5.27. The highest BCUT2D eigenvalue weighted by Gasteiger charge is 2.14. The van der Waals surface area contributed by atoms with Crippen molar-refractivity contribution in [2.24, 2.45) is 0 Å². The standard InChI is InChI=1S/C8H12BrN3O3/c1-5-11-7(15-12-5)4-10-3-6(9)8(13)14-2/h6,10H,3-4H2,1-2H3. The molecule has 1 rings (SSSR count). The van der Waals surface area contributed by atoms with Crippen LogP contribution in [0.15, 0.2) is 4.52 Å². The van der Waals surface area contributed by atoms with Gasteiger partial charge < -0.3 is 14.6 Å². The zero-order valence-electron chi connectivity index (χ0n) is 8.49. The maximum atomic E-state index is 11.0. The molecule has 0 fully saturated rings. The maximum absolute atomic E-state index is 11.0. The number of alkyl halides is 1. The van der Waals surface area contributed by atoms with E-state index in [0.29, 0.717) is 24.8 Å². The molecule has 1 unspecified atom stereocenters. The lowest BCUT2D eigenvalue weighted by molar-refractivity contribution is -0.139. The molecular weight excluding hydrogens is 266 g/mol. The van der Waals surface area contributed by atoms with E-state index < -0.39 is 0 Å². The largest absolute Gasteiger partial charge is 0.468 e. The molecule has 1 N–H and O–H groups in total. The summed E-state index contributed by atoms with van der Waals surface area (Å²) in [6.07, 6.45) is 0. The van der Waals surface area contributed by atoms with E-state index in [1.165, 1.54) is 7.11 Å². The van der Waals surface area contributed by atoms with Crippen LogP contribution in [0.5, 0.6) is 0 Å². The fourth-order valence-corrected chi connectivity index (χ4v) is 1.34. The van der Waals surface area contributed by atoms with E-state index >= 15 is 0 Å². The number of hydrogen-bond acceptors (Lipinski definition) is 6. The van der Waals surface area contributed by atoms with Crippen LogP contribution >= 0.6 is 15.9 Å². The van der Waals surface area contributed by atoms with Crippen molar-refractivity contribution in [3.8, 4) is 0 Å². The van der Waals surface area contributed by atoms with Gasteiger partial charge in [-0.25, -0.2) is 0 Å². The van der Waals surface area contributed by atoms with Crippen LogP contribution < -0.4 is 5.32 Å². The average Bonchev–Trinajstić information content (AvgIpc) is 2.63. The van der Waals surface area contributed by atoms with Gasteiger partial charge in [0.25, 0.3) is 0 Å². The summed E-state index contributed by atoms with van der Waals surface area (Å²) in [7, 11) is 1.35. The summed E-state index contributed by atoms with van der Waals surface area (Å²) in [5, 5.41) is 6.62. The Morgan fingerprint density at radius 1 is 1.73 bits per heavy atom. The molecule has 0 radical (unpaired) electrons. The Labute approximate surface area is 95.5 Å². The van der Waals surface area contributed by atoms with E-state index in [-0.39, 0.29) is 10.8 Å². The summed E-state index contributed by atoms with van der Waals surface area (Å²) in [6, 6.07) is 0. The van der Waals surface area contributed by atoms with Crippen LogP contribution in [0.4, 0.5) is 0 Å². The van der Waals surface area contributed by atoms with Crippen molar-refractivity contribution in [3.05, 3.63) is 11.7 Å². The number of hydrogen-bond donors (Lipinski definition) is 1. The lowest BCUT2D eigenvalue weighted by Crippen LogP contribution is -2.29. The lowest BCUT2D eigenvalue weighted by atomic mass is 10.4. The highest BCUT2D eigenvalue weighted by atomic mass is 79.9. The van der Waals surface area contributed by atoms with Crippen molar-refractivity contribution >= 4 is 21.9 Å². The molecule has 0 aromatic carbocycles. The zero-order chi connectivity index (χ0) is 11.3. The Morgan fingerprint density at radius 3 is 3.00 bits per heavy atom. The number of esters is 1. The Balaban J connectivity index is 2.24. The normalized spacial score (nSPS) is 12.5. The second-order valence-corrected chi connectivity index (χ2v) is 3.96. The molecule has 0 aliphatic rings. The second-order valence-electron chi connectivity index (χ2n) is 2.86. The molecule has 6 nitrogen and oxygen atoms in total. The van der Waals surface area contributed by atoms with E-state index in [0.717, 1.165) is 0 Å². The maximum Gasteiger partial charge on any atom is 0.320 e. The van der Waals surface area contributed by atoms with E-state index in [9.17, 15) is 4.79 Å². The third-order valence-corrected chi connectivity index (χ3v) is 2.32. The molecule has 1 aromatic rings. The van der Waals surface area contributed by atoms with E-state index in [4.69, 9.17) is 4.52 Å². The predicted molar refractivity (Wildman–Crippen MR) is 55.5 cm³/mol. The minimum atomic E-state index is -0.369. The van der Waals surface area contributed by atoms with Crippen molar-refractivity contribution in [1.29, 1.82) is 0 Å². The van der Waals surface area contributed by atoms with Gasteiger partial charge in [-0.15, -0.1) is 0 Å². The first-order valence-electron chi connectivity index (χ1n) is 4.35. The van der Waals surface area contributed by atoms with E-state index in [1.807, 2.05) is 0 Å². The molecule has 1 aromatic heterocycles. The Bertz CT molecular complexity index is 329. The summed E-state index contributed by atoms with van der Waals surface area (Å²) >= 11 is 3.18. The monoisotopic (exact) mass is 277 g/mol. The predicted octanol–water partition coefficient (Wildman–Crippen LogP) is 0.404. The molecule has 84 valence electrons. The van der Waals surface area contributed by atoms with Crippen molar-refractivity contribution in [2.45, 2.75) is 18.3 Å². The Morgan fingerprint density at radius 2 is 2.47 bits per heavy atom. The average molecular weight is 278 g/mol. The number of carbonyl (C=O) groups is 1. The minimum absolute atomic E-state index is 0.316. The smallest absolute Gasteiger partial charge is 0.320 e. The number of nitrogens with one attached hydrogen (secondary N) is 1. The first-order chi connectivity index (χ1) is 7.13. The third kappa shape index (κ3) is 3.96. The van der Waals surface area contributed by atoms with Crippen molar-refractivity contribution in [2.75, 3.05) is 13.7 Å². The van der Waals surface area contributed by atoms with Crippen LogP contribution in [-0.4, -0.2) is 34.6 Å². The van der Waals surface area contributed by atoms with Gasteiger partial charge in [0.1, 0.15) is 4.83 Å². The van der Waals surface area contributed by atoms with Crippen molar-refractivity contribution in [3.63, 3.8) is 0 Å². The fraction of sp³-hybridized carbons (Fsp3) is 0.625. The molecule has 0 amide bonds. The first kappa shape index (κ1) is 12.1. The van der Waals surface area contributed by atoms with Crippen molar-refractivity contribution < 1.29 is 14.1 Å². The lowest BCUT2D eigenvalue weighted by Gasteiger charge is -2.06. The fourth-order valence-electron chi connectivity index (χ4n) is 0.929. The van der Waals surface area contributed by atoms with Gasteiger partial charge in [0.15, 0.2) is 5.82 Å². The molecular formula is C8H12BrN3O3. The molecule has 15 heavy (non-hydrogen) atoms. The third-order valence-electron chi connectivity index (χ3n) is 1.63. The molecule has 7 heteroatoms. The molecule has 0 aliphatic carbocycles. The number of nitrogens with zero attached hydrogens (tertiary/aromatic N) is 2. The number of halogens is 1. The van der Waals surface area contributed by atoms with Gasteiger partial charge in [-0.1, -0.05) is 21.1 Å².